The number of thiophene rings is 2. The minimum atomic E-state index is 0.171. The van der Waals surface area contributed by atoms with Gasteiger partial charge in [0.05, 0.1) is 16.1 Å². The second kappa shape index (κ2) is 6.71. The van der Waals surface area contributed by atoms with Crippen LogP contribution in [-0.2, 0) is 6.54 Å². The van der Waals surface area contributed by atoms with Gasteiger partial charge in [0.25, 0.3) is 0 Å². The average Bonchev–Trinajstić information content (AvgIpc) is 3.12. The zero-order valence-corrected chi connectivity index (χ0v) is 13.9. The fourth-order valence-corrected chi connectivity index (χ4v) is 4.23. The molecular formula is C16H15ClN2S2. The third-order valence-electron chi connectivity index (χ3n) is 3.14. The summed E-state index contributed by atoms with van der Waals surface area (Å²) >= 11 is 9.46. The van der Waals surface area contributed by atoms with Crippen LogP contribution in [0.2, 0.25) is 4.34 Å². The van der Waals surface area contributed by atoms with Crippen molar-refractivity contribution in [1.82, 2.24) is 10.3 Å². The molecule has 5 heteroatoms. The molecule has 3 aromatic heterocycles. The second-order valence-electron chi connectivity index (χ2n) is 4.74. The van der Waals surface area contributed by atoms with Crippen molar-refractivity contribution in [2.24, 2.45) is 0 Å². The first-order chi connectivity index (χ1) is 10.2. The molecule has 0 bridgehead atoms. The quantitative estimate of drug-likeness (QED) is 0.706. The second-order valence-corrected chi connectivity index (χ2v) is 7.47. The van der Waals surface area contributed by atoms with Crippen molar-refractivity contribution in [3.05, 3.63) is 73.3 Å². The van der Waals surface area contributed by atoms with Gasteiger partial charge < -0.3 is 0 Å². The van der Waals surface area contributed by atoms with Crippen LogP contribution >= 0.6 is 34.3 Å². The summed E-state index contributed by atoms with van der Waals surface area (Å²) in [6.45, 7) is 2.75. The van der Waals surface area contributed by atoms with E-state index in [9.17, 15) is 0 Å². The molecule has 1 N–H and O–H groups in total. The highest BCUT2D eigenvalue weighted by Gasteiger charge is 2.17. The van der Waals surface area contributed by atoms with E-state index in [2.05, 4.69) is 33.9 Å². The summed E-state index contributed by atoms with van der Waals surface area (Å²) in [5, 5.41) is 5.70. The summed E-state index contributed by atoms with van der Waals surface area (Å²) in [6, 6.07) is 14.6. The van der Waals surface area contributed by atoms with Crippen molar-refractivity contribution in [2.75, 3.05) is 0 Å². The number of pyridine rings is 1. The number of hydrogen-bond donors (Lipinski definition) is 1. The summed E-state index contributed by atoms with van der Waals surface area (Å²) in [5.41, 5.74) is 2.10. The van der Waals surface area contributed by atoms with Gasteiger partial charge in [0, 0.05) is 22.0 Å². The van der Waals surface area contributed by atoms with Crippen molar-refractivity contribution in [2.45, 2.75) is 19.5 Å². The maximum atomic E-state index is 6.09. The van der Waals surface area contributed by atoms with Crippen LogP contribution in [-0.4, -0.2) is 4.98 Å². The number of aromatic nitrogens is 1. The molecule has 3 aromatic rings. The minimum absolute atomic E-state index is 0.171. The third-order valence-corrected chi connectivity index (χ3v) is 5.37. The predicted octanol–water partition coefficient (Wildman–Crippen LogP) is 5.05. The minimum Gasteiger partial charge on any atom is -0.299 e. The molecule has 3 rings (SSSR count). The average molecular weight is 335 g/mol. The first-order valence-electron chi connectivity index (χ1n) is 6.67. The maximum Gasteiger partial charge on any atom is 0.0931 e. The molecule has 108 valence electrons. The molecule has 0 fully saturated rings. The van der Waals surface area contributed by atoms with Gasteiger partial charge in [-0.1, -0.05) is 23.7 Å². The summed E-state index contributed by atoms with van der Waals surface area (Å²) in [4.78, 5) is 7.07. The van der Waals surface area contributed by atoms with Crippen molar-refractivity contribution < 1.29 is 0 Å². The van der Waals surface area contributed by atoms with Crippen molar-refractivity contribution >= 4 is 34.3 Å². The number of nitrogens with zero attached hydrogens (tertiary/aromatic N) is 1. The molecule has 21 heavy (non-hydrogen) atoms. The highest BCUT2D eigenvalue weighted by Crippen LogP contribution is 2.33. The molecule has 1 atom stereocenters. The zero-order valence-electron chi connectivity index (χ0n) is 11.5. The third kappa shape index (κ3) is 3.71. The van der Waals surface area contributed by atoms with Crippen LogP contribution in [0.5, 0.6) is 0 Å². The number of rotatable bonds is 5. The van der Waals surface area contributed by atoms with Crippen LogP contribution in [0.3, 0.4) is 0 Å². The van der Waals surface area contributed by atoms with Crippen molar-refractivity contribution in [3.63, 3.8) is 0 Å². The number of hydrogen-bond acceptors (Lipinski definition) is 4. The summed E-state index contributed by atoms with van der Waals surface area (Å²) < 4.78 is 0.821. The highest BCUT2D eigenvalue weighted by atomic mass is 35.5. The first kappa shape index (κ1) is 14.7. The lowest BCUT2D eigenvalue weighted by Gasteiger charge is -2.16. The number of nitrogens with one attached hydrogen (secondary N) is 1. The van der Waals surface area contributed by atoms with E-state index < -0.39 is 0 Å². The van der Waals surface area contributed by atoms with Crippen molar-refractivity contribution in [3.8, 4) is 0 Å². The largest absolute Gasteiger partial charge is 0.299 e. The number of halogens is 1. The van der Waals surface area contributed by atoms with E-state index in [0.29, 0.717) is 0 Å². The van der Waals surface area contributed by atoms with Gasteiger partial charge in [-0.25, -0.2) is 0 Å². The van der Waals surface area contributed by atoms with Gasteiger partial charge in [-0.2, -0.15) is 0 Å². The monoisotopic (exact) mass is 334 g/mol. The van der Waals surface area contributed by atoms with E-state index in [4.69, 9.17) is 11.6 Å². The van der Waals surface area contributed by atoms with Gasteiger partial charge in [0.15, 0.2) is 0 Å². The smallest absolute Gasteiger partial charge is 0.0931 e. The Morgan fingerprint density at radius 1 is 1.14 bits per heavy atom. The Bertz CT molecular complexity index is 707. The van der Waals surface area contributed by atoms with Gasteiger partial charge in [-0.15, -0.1) is 22.7 Å². The Hall–Kier alpha value is -1.20. The molecule has 0 saturated heterocycles. The van der Waals surface area contributed by atoms with E-state index >= 15 is 0 Å². The van der Waals surface area contributed by atoms with Crippen LogP contribution in [0.4, 0.5) is 0 Å². The summed E-state index contributed by atoms with van der Waals surface area (Å²) in [5.74, 6) is 0. The van der Waals surface area contributed by atoms with E-state index in [1.807, 2.05) is 31.2 Å². The summed E-state index contributed by atoms with van der Waals surface area (Å²) in [7, 11) is 0. The topological polar surface area (TPSA) is 24.9 Å². The molecule has 0 saturated carbocycles. The van der Waals surface area contributed by atoms with Crippen LogP contribution in [0.1, 0.15) is 27.2 Å². The Kier molecular flexibility index (Phi) is 4.70. The van der Waals surface area contributed by atoms with E-state index in [1.165, 1.54) is 9.75 Å². The molecule has 1 unspecified atom stereocenters. The molecule has 0 spiro atoms. The van der Waals surface area contributed by atoms with Crippen LogP contribution < -0.4 is 5.32 Å². The van der Waals surface area contributed by atoms with Gasteiger partial charge in [-0.05, 0) is 42.6 Å². The van der Waals surface area contributed by atoms with Crippen LogP contribution in [0.15, 0.2) is 47.8 Å². The standard InChI is InChI=1S/C16H15ClN2S2/c1-11-4-2-5-12(19-11)10-18-16(13-6-3-9-20-13)14-7-8-15(17)21-14/h2-9,16,18H,10H2,1H3. The van der Waals surface area contributed by atoms with Gasteiger partial charge in [-0.3, -0.25) is 10.3 Å². The lowest BCUT2D eigenvalue weighted by atomic mass is 10.2. The fourth-order valence-electron chi connectivity index (χ4n) is 2.18. The number of aryl methyl sites for hydroxylation is 1. The fraction of sp³-hybridized carbons (Fsp3) is 0.188. The molecule has 0 aliphatic carbocycles. The molecular weight excluding hydrogens is 320 g/mol. The van der Waals surface area contributed by atoms with Gasteiger partial charge in [0.1, 0.15) is 0 Å². The van der Waals surface area contributed by atoms with Crippen LogP contribution in [0.25, 0.3) is 0 Å². The molecule has 0 aromatic carbocycles. The molecule has 0 amide bonds. The van der Waals surface area contributed by atoms with E-state index in [1.54, 1.807) is 22.7 Å². The maximum absolute atomic E-state index is 6.09. The lowest BCUT2D eigenvalue weighted by Crippen LogP contribution is -2.21. The normalized spacial score (nSPS) is 12.5. The lowest BCUT2D eigenvalue weighted by molar-refractivity contribution is 0.611. The molecule has 0 aliphatic heterocycles. The SMILES string of the molecule is Cc1cccc(CNC(c2cccs2)c2ccc(Cl)s2)n1. The molecule has 3 heterocycles. The van der Waals surface area contributed by atoms with E-state index in [-0.39, 0.29) is 6.04 Å². The molecule has 0 radical (unpaired) electrons. The molecule has 0 aliphatic rings. The predicted molar refractivity (Wildman–Crippen MR) is 91.3 cm³/mol. The Morgan fingerprint density at radius 3 is 2.71 bits per heavy atom. The first-order valence-corrected chi connectivity index (χ1v) is 8.74. The highest BCUT2D eigenvalue weighted by molar-refractivity contribution is 7.16. The Morgan fingerprint density at radius 2 is 2.05 bits per heavy atom. The van der Waals surface area contributed by atoms with Crippen LogP contribution in [0, 0.1) is 6.92 Å². The zero-order chi connectivity index (χ0) is 14.7. The van der Waals surface area contributed by atoms with Gasteiger partial charge in [0.2, 0.25) is 0 Å². The van der Waals surface area contributed by atoms with Gasteiger partial charge >= 0.3 is 0 Å². The Labute approximate surface area is 137 Å². The summed E-state index contributed by atoms with van der Waals surface area (Å²) in [6.07, 6.45) is 0. The van der Waals surface area contributed by atoms with Crippen molar-refractivity contribution in [1.29, 1.82) is 0 Å². The Balaban J connectivity index is 1.80. The van der Waals surface area contributed by atoms with E-state index in [0.717, 1.165) is 22.3 Å². The molecule has 2 nitrogen and oxygen atoms in total.